The van der Waals surface area contributed by atoms with Gasteiger partial charge in [-0.2, -0.15) is 0 Å². The van der Waals surface area contributed by atoms with Crippen molar-refractivity contribution in [2.75, 3.05) is 0 Å². The van der Waals surface area contributed by atoms with Crippen LogP contribution in [0.25, 0.3) is 0 Å². The molecule has 1 rings (SSSR count). The Bertz CT molecular complexity index is 383. The third-order valence-electron chi connectivity index (χ3n) is 3.53. The standard InChI is InChI=1S/C16H26O2/c1-4-6-8-10-13-12(3)11-15(17)16(18)14(13)9-7-5-2/h11,17-18H,4-10H2,1-3H3. The predicted molar refractivity (Wildman–Crippen MR) is 76.3 cm³/mol. The van der Waals surface area contributed by atoms with E-state index in [2.05, 4.69) is 13.8 Å². The van der Waals surface area contributed by atoms with Crippen LogP contribution in [0.4, 0.5) is 0 Å². The van der Waals surface area contributed by atoms with Crippen molar-refractivity contribution in [2.45, 2.75) is 65.7 Å². The lowest BCUT2D eigenvalue weighted by molar-refractivity contribution is 0.397. The Morgan fingerprint density at radius 3 is 2.11 bits per heavy atom. The quantitative estimate of drug-likeness (QED) is 0.553. The molecule has 0 aromatic heterocycles. The zero-order valence-electron chi connectivity index (χ0n) is 11.9. The normalized spacial score (nSPS) is 10.8. The second kappa shape index (κ2) is 7.30. The van der Waals surface area contributed by atoms with Crippen molar-refractivity contribution in [3.05, 3.63) is 22.8 Å². The smallest absolute Gasteiger partial charge is 0.160 e. The number of benzene rings is 1. The lowest BCUT2D eigenvalue weighted by atomic mass is 9.92. The molecule has 0 spiro atoms. The number of phenols is 2. The summed E-state index contributed by atoms with van der Waals surface area (Å²) >= 11 is 0. The second-order valence-corrected chi connectivity index (χ2v) is 5.08. The third-order valence-corrected chi connectivity index (χ3v) is 3.53. The van der Waals surface area contributed by atoms with E-state index in [0.29, 0.717) is 0 Å². The number of hydrogen-bond acceptors (Lipinski definition) is 2. The van der Waals surface area contributed by atoms with Crippen LogP contribution in [-0.2, 0) is 12.8 Å². The Kier molecular flexibility index (Phi) is 6.03. The Hall–Kier alpha value is -1.18. The summed E-state index contributed by atoms with van der Waals surface area (Å²) in [7, 11) is 0. The molecule has 102 valence electrons. The molecule has 0 aliphatic heterocycles. The summed E-state index contributed by atoms with van der Waals surface area (Å²) in [5.74, 6) is 0.124. The molecular formula is C16H26O2. The van der Waals surface area contributed by atoms with Crippen molar-refractivity contribution in [1.82, 2.24) is 0 Å². The molecule has 0 heterocycles. The van der Waals surface area contributed by atoms with Gasteiger partial charge in [-0.05, 0) is 49.8 Å². The molecule has 1 aromatic rings. The summed E-state index contributed by atoms with van der Waals surface area (Å²) in [5, 5.41) is 19.8. The molecule has 0 bridgehead atoms. The summed E-state index contributed by atoms with van der Waals surface area (Å²) in [6.07, 6.45) is 7.59. The van der Waals surface area contributed by atoms with E-state index in [1.54, 1.807) is 6.07 Å². The summed E-state index contributed by atoms with van der Waals surface area (Å²) in [4.78, 5) is 0. The van der Waals surface area contributed by atoms with Crippen molar-refractivity contribution in [3.8, 4) is 11.5 Å². The van der Waals surface area contributed by atoms with Gasteiger partial charge in [0.05, 0.1) is 0 Å². The number of rotatable bonds is 7. The third kappa shape index (κ3) is 3.66. The second-order valence-electron chi connectivity index (χ2n) is 5.08. The van der Waals surface area contributed by atoms with Gasteiger partial charge in [-0.25, -0.2) is 0 Å². The van der Waals surface area contributed by atoms with Gasteiger partial charge in [0.2, 0.25) is 0 Å². The van der Waals surface area contributed by atoms with E-state index in [-0.39, 0.29) is 11.5 Å². The van der Waals surface area contributed by atoms with Crippen molar-refractivity contribution in [3.63, 3.8) is 0 Å². The first-order valence-electron chi connectivity index (χ1n) is 7.15. The molecule has 0 aliphatic rings. The predicted octanol–water partition coefficient (Wildman–Crippen LogP) is 4.48. The molecule has 0 atom stereocenters. The number of aromatic hydroxyl groups is 2. The largest absolute Gasteiger partial charge is 0.504 e. The Balaban J connectivity index is 2.99. The number of hydrogen-bond donors (Lipinski definition) is 2. The van der Waals surface area contributed by atoms with Crippen molar-refractivity contribution in [1.29, 1.82) is 0 Å². The number of aryl methyl sites for hydroxylation is 1. The fourth-order valence-electron chi connectivity index (χ4n) is 2.42. The summed E-state index contributed by atoms with van der Waals surface area (Å²) in [6.45, 7) is 6.36. The Labute approximate surface area is 111 Å². The van der Waals surface area contributed by atoms with E-state index in [9.17, 15) is 10.2 Å². The first-order chi connectivity index (χ1) is 8.61. The molecule has 0 fully saturated rings. The molecule has 2 heteroatoms. The summed E-state index contributed by atoms with van der Waals surface area (Å²) < 4.78 is 0. The van der Waals surface area contributed by atoms with Crippen molar-refractivity contribution < 1.29 is 10.2 Å². The average Bonchev–Trinajstić information content (AvgIpc) is 2.35. The van der Waals surface area contributed by atoms with Gasteiger partial charge in [0.15, 0.2) is 11.5 Å². The first kappa shape index (κ1) is 14.9. The summed E-state index contributed by atoms with van der Waals surface area (Å²) in [5.41, 5.74) is 3.31. The monoisotopic (exact) mass is 250 g/mol. The Morgan fingerprint density at radius 2 is 1.50 bits per heavy atom. The molecular weight excluding hydrogens is 224 g/mol. The molecule has 18 heavy (non-hydrogen) atoms. The van der Waals surface area contributed by atoms with E-state index in [1.807, 2.05) is 6.92 Å². The molecule has 2 nitrogen and oxygen atoms in total. The lowest BCUT2D eigenvalue weighted by Crippen LogP contribution is -1.99. The van der Waals surface area contributed by atoms with Gasteiger partial charge in [0.25, 0.3) is 0 Å². The van der Waals surface area contributed by atoms with E-state index in [4.69, 9.17) is 0 Å². The number of phenolic OH excluding ortho intramolecular Hbond substituents is 2. The van der Waals surface area contributed by atoms with Crippen molar-refractivity contribution in [2.24, 2.45) is 0 Å². The zero-order valence-corrected chi connectivity index (χ0v) is 11.9. The zero-order chi connectivity index (χ0) is 13.5. The topological polar surface area (TPSA) is 40.5 Å². The van der Waals surface area contributed by atoms with E-state index >= 15 is 0 Å². The average molecular weight is 250 g/mol. The van der Waals surface area contributed by atoms with Gasteiger partial charge in [-0.3, -0.25) is 0 Å². The minimum absolute atomic E-state index is 0.0258. The maximum Gasteiger partial charge on any atom is 0.160 e. The number of unbranched alkanes of at least 4 members (excludes halogenated alkanes) is 3. The van der Waals surface area contributed by atoms with Crippen LogP contribution in [0.1, 0.15) is 62.6 Å². The van der Waals surface area contributed by atoms with Gasteiger partial charge in [0, 0.05) is 5.56 Å². The lowest BCUT2D eigenvalue weighted by Gasteiger charge is -2.15. The maximum atomic E-state index is 10.0. The fraction of sp³-hybridized carbons (Fsp3) is 0.625. The van der Waals surface area contributed by atoms with Crippen LogP contribution in [-0.4, -0.2) is 10.2 Å². The Morgan fingerprint density at radius 1 is 0.889 bits per heavy atom. The van der Waals surface area contributed by atoms with E-state index < -0.39 is 0 Å². The highest BCUT2D eigenvalue weighted by molar-refractivity contribution is 5.52. The van der Waals surface area contributed by atoms with E-state index in [0.717, 1.165) is 43.2 Å². The van der Waals surface area contributed by atoms with Crippen LogP contribution >= 0.6 is 0 Å². The summed E-state index contributed by atoms with van der Waals surface area (Å²) in [6, 6.07) is 1.69. The van der Waals surface area contributed by atoms with Gasteiger partial charge in [-0.1, -0.05) is 33.1 Å². The fourth-order valence-corrected chi connectivity index (χ4v) is 2.42. The molecule has 0 aliphatic carbocycles. The molecule has 0 saturated carbocycles. The molecule has 0 amide bonds. The molecule has 0 saturated heterocycles. The van der Waals surface area contributed by atoms with Crippen LogP contribution in [0.5, 0.6) is 11.5 Å². The van der Waals surface area contributed by atoms with Crippen LogP contribution in [0.2, 0.25) is 0 Å². The molecule has 2 N–H and O–H groups in total. The van der Waals surface area contributed by atoms with Gasteiger partial charge in [0.1, 0.15) is 0 Å². The maximum absolute atomic E-state index is 10.0. The van der Waals surface area contributed by atoms with Gasteiger partial charge in [-0.15, -0.1) is 0 Å². The van der Waals surface area contributed by atoms with Crippen molar-refractivity contribution >= 4 is 0 Å². The SMILES string of the molecule is CCCCCc1c(C)cc(O)c(O)c1CCCC. The minimum atomic E-state index is 0.0258. The van der Waals surface area contributed by atoms with Crippen LogP contribution in [0.3, 0.4) is 0 Å². The van der Waals surface area contributed by atoms with Crippen LogP contribution in [0.15, 0.2) is 6.07 Å². The minimum Gasteiger partial charge on any atom is -0.504 e. The molecule has 1 aromatic carbocycles. The highest BCUT2D eigenvalue weighted by atomic mass is 16.3. The molecule has 0 radical (unpaired) electrons. The van der Waals surface area contributed by atoms with Gasteiger partial charge >= 0.3 is 0 Å². The highest BCUT2D eigenvalue weighted by Gasteiger charge is 2.14. The van der Waals surface area contributed by atoms with Crippen LogP contribution < -0.4 is 0 Å². The molecule has 0 unspecified atom stereocenters. The highest BCUT2D eigenvalue weighted by Crippen LogP contribution is 2.35. The van der Waals surface area contributed by atoms with Gasteiger partial charge < -0.3 is 10.2 Å². The van der Waals surface area contributed by atoms with E-state index in [1.165, 1.54) is 18.4 Å². The van der Waals surface area contributed by atoms with Crippen LogP contribution in [0, 0.1) is 6.92 Å². The first-order valence-corrected chi connectivity index (χ1v) is 7.15.